The number of piperidine rings is 1. The van der Waals surface area contributed by atoms with Gasteiger partial charge in [-0.15, -0.1) is 0 Å². The number of hydrogen-bond acceptors (Lipinski definition) is 4. The Kier molecular flexibility index (Phi) is 6.49. The molecule has 0 aliphatic carbocycles. The normalized spacial score (nSPS) is 25.1. The van der Waals surface area contributed by atoms with Crippen molar-refractivity contribution in [3.8, 4) is 0 Å². The highest BCUT2D eigenvalue weighted by molar-refractivity contribution is 5.80. The first kappa shape index (κ1) is 17.1. The molecule has 2 heterocycles. The lowest BCUT2D eigenvalue weighted by Gasteiger charge is -2.34. The van der Waals surface area contributed by atoms with Crippen molar-refractivity contribution in [1.82, 2.24) is 9.80 Å². The van der Waals surface area contributed by atoms with Gasteiger partial charge in [0, 0.05) is 32.8 Å². The Morgan fingerprint density at radius 1 is 1.27 bits per heavy atom. The molecule has 2 unspecified atom stereocenters. The quantitative estimate of drug-likeness (QED) is 0.778. The molecular weight excluding hydrogens is 284 g/mol. The van der Waals surface area contributed by atoms with Crippen LogP contribution in [-0.4, -0.2) is 67.3 Å². The molecule has 6 nitrogen and oxygen atoms in total. The minimum absolute atomic E-state index is 0.112. The number of nitrogens with zero attached hydrogens (tertiary/aromatic N) is 2. The summed E-state index contributed by atoms with van der Waals surface area (Å²) in [6, 6.07) is 0. The molecule has 0 radical (unpaired) electrons. The van der Waals surface area contributed by atoms with Crippen molar-refractivity contribution in [2.45, 2.75) is 45.6 Å². The van der Waals surface area contributed by atoms with E-state index < -0.39 is 0 Å². The lowest BCUT2D eigenvalue weighted by Crippen LogP contribution is -2.48. The van der Waals surface area contributed by atoms with Gasteiger partial charge in [0.15, 0.2) is 0 Å². The molecule has 0 bridgehead atoms. The zero-order valence-electron chi connectivity index (χ0n) is 13.8. The molecule has 2 aliphatic rings. The molecule has 0 N–H and O–H groups in total. The number of amides is 2. The van der Waals surface area contributed by atoms with Crippen LogP contribution in [-0.2, 0) is 14.3 Å². The third-order valence-electron chi connectivity index (χ3n) is 4.44. The topological polar surface area (TPSA) is 59.1 Å². The third-order valence-corrected chi connectivity index (χ3v) is 4.44. The van der Waals surface area contributed by atoms with Gasteiger partial charge in [0.25, 0.3) is 0 Å². The average molecular weight is 312 g/mol. The van der Waals surface area contributed by atoms with Crippen LogP contribution in [0.3, 0.4) is 0 Å². The van der Waals surface area contributed by atoms with E-state index in [0.29, 0.717) is 32.8 Å². The Morgan fingerprint density at radius 2 is 2.09 bits per heavy atom. The first-order chi connectivity index (χ1) is 10.7. The van der Waals surface area contributed by atoms with Crippen LogP contribution in [0.5, 0.6) is 0 Å². The van der Waals surface area contributed by atoms with Gasteiger partial charge < -0.3 is 19.3 Å². The van der Waals surface area contributed by atoms with Crippen LogP contribution in [0.2, 0.25) is 0 Å². The Hall–Kier alpha value is -1.30. The summed E-state index contributed by atoms with van der Waals surface area (Å²) in [5.74, 6) is 0.0338. The van der Waals surface area contributed by atoms with Crippen LogP contribution < -0.4 is 0 Å². The fourth-order valence-electron chi connectivity index (χ4n) is 3.23. The summed E-state index contributed by atoms with van der Waals surface area (Å²) < 4.78 is 10.7. The molecular formula is C16H28N2O4. The van der Waals surface area contributed by atoms with Gasteiger partial charge in [0.2, 0.25) is 5.91 Å². The molecule has 0 aromatic rings. The van der Waals surface area contributed by atoms with Gasteiger partial charge in [-0.3, -0.25) is 4.79 Å². The Labute approximate surface area is 132 Å². The van der Waals surface area contributed by atoms with Gasteiger partial charge in [-0.1, -0.05) is 0 Å². The summed E-state index contributed by atoms with van der Waals surface area (Å²) in [5, 5.41) is 0. The molecule has 2 amide bonds. The SMILES string of the molecule is CCOC(=O)N1CCCC(C(=O)N(CC)CC2CCCO2)C1. The summed E-state index contributed by atoms with van der Waals surface area (Å²) in [6.45, 7) is 7.48. The number of carbonyl (C=O) groups is 2. The van der Waals surface area contributed by atoms with E-state index in [1.807, 2.05) is 11.8 Å². The molecule has 6 heteroatoms. The number of carbonyl (C=O) groups excluding carboxylic acids is 2. The monoisotopic (exact) mass is 312 g/mol. The molecule has 0 spiro atoms. The summed E-state index contributed by atoms with van der Waals surface area (Å²) in [6.07, 6.45) is 3.68. The molecule has 0 aromatic carbocycles. The van der Waals surface area contributed by atoms with Crippen molar-refractivity contribution in [1.29, 1.82) is 0 Å². The fourth-order valence-corrected chi connectivity index (χ4v) is 3.23. The van der Waals surface area contributed by atoms with Crippen LogP contribution >= 0.6 is 0 Å². The van der Waals surface area contributed by atoms with E-state index in [9.17, 15) is 9.59 Å². The maximum absolute atomic E-state index is 12.7. The van der Waals surface area contributed by atoms with Gasteiger partial charge in [0.1, 0.15) is 0 Å². The molecule has 2 aliphatic heterocycles. The minimum Gasteiger partial charge on any atom is -0.450 e. The van der Waals surface area contributed by atoms with Crippen LogP contribution in [0.1, 0.15) is 39.5 Å². The van der Waals surface area contributed by atoms with E-state index >= 15 is 0 Å². The Balaban J connectivity index is 1.89. The molecule has 0 aromatic heterocycles. The second-order valence-corrected chi connectivity index (χ2v) is 6.00. The molecule has 22 heavy (non-hydrogen) atoms. The number of likely N-dealkylation sites (N-methyl/N-ethyl adjacent to an activating group) is 1. The van der Waals surface area contributed by atoms with Crippen molar-refractivity contribution in [3.63, 3.8) is 0 Å². The lowest BCUT2D eigenvalue weighted by atomic mass is 9.96. The van der Waals surface area contributed by atoms with Gasteiger partial charge in [0.05, 0.1) is 18.6 Å². The highest BCUT2D eigenvalue weighted by Gasteiger charge is 2.32. The van der Waals surface area contributed by atoms with Crippen LogP contribution in [0.25, 0.3) is 0 Å². The number of likely N-dealkylation sites (tertiary alicyclic amines) is 1. The second kappa shape index (κ2) is 8.36. The maximum Gasteiger partial charge on any atom is 0.409 e. The van der Waals surface area contributed by atoms with E-state index in [2.05, 4.69) is 0 Å². The predicted molar refractivity (Wildman–Crippen MR) is 82.5 cm³/mol. The Morgan fingerprint density at radius 3 is 2.73 bits per heavy atom. The van der Waals surface area contributed by atoms with Gasteiger partial charge in [-0.05, 0) is 39.5 Å². The second-order valence-electron chi connectivity index (χ2n) is 6.00. The minimum atomic E-state index is -0.304. The molecule has 2 atom stereocenters. The summed E-state index contributed by atoms with van der Waals surface area (Å²) >= 11 is 0. The largest absolute Gasteiger partial charge is 0.450 e. The summed E-state index contributed by atoms with van der Waals surface area (Å²) in [5.41, 5.74) is 0. The van der Waals surface area contributed by atoms with Crippen molar-refractivity contribution in [2.75, 3.05) is 39.4 Å². The smallest absolute Gasteiger partial charge is 0.409 e. The van der Waals surface area contributed by atoms with Crippen LogP contribution in [0.15, 0.2) is 0 Å². The molecule has 0 saturated carbocycles. The van der Waals surface area contributed by atoms with Gasteiger partial charge in [-0.2, -0.15) is 0 Å². The van der Waals surface area contributed by atoms with Gasteiger partial charge in [-0.25, -0.2) is 4.79 Å². The van der Waals surface area contributed by atoms with E-state index in [1.54, 1.807) is 11.8 Å². The first-order valence-electron chi connectivity index (χ1n) is 8.47. The summed E-state index contributed by atoms with van der Waals surface area (Å²) in [7, 11) is 0. The van der Waals surface area contributed by atoms with Gasteiger partial charge >= 0.3 is 6.09 Å². The van der Waals surface area contributed by atoms with Crippen molar-refractivity contribution in [2.24, 2.45) is 5.92 Å². The maximum atomic E-state index is 12.7. The highest BCUT2D eigenvalue weighted by atomic mass is 16.6. The zero-order valence-corrected chi connectivity index (χ0v) is 13.8. The third kappa shape index (κ3) is 4.35. The van der Waals surface area contributed by atoms with Crippen molar-refractivity contribution in [3.05, 3.63) is 0 Å². The standard InChI is InChI=1S/C16H28N2O4/c1-3-17(12-14-8-6-10-22-14)15(19)13-7-5-9-18(11-13)16(20)21-4-2/h13-14H,3-12H2,1-2H3. The van der Waals surface area contributed by atoms with Crippen LogP contribution in [0, 0.1) is 5.92 Å². The lowest BCUT2D eigenvalue weighted by molar-refractivity contribution is -0.138. The van der Waals surface area contributed by atoms with Crippen molar-refractivity contribution >= 4 is 12.0 Å². The van der Waals surface area contributed by atoms with E-state index in [1.165, 1.54) is 0 Å². The number of ether oxygens (including phenoxy) is 2. The van der Waals surface area contributed by atoms with Crippen LogP contribution in [0.4, 0.5) is 4.79 Å². The molecule has 126 valence electrons. The zero-order chi connectivity index (χ0) is 15.9. The first-order valence-corrected chi connectivity index (χ1v) is 8.47. The Bertz CT molecular complexity index is 382. The van der Waals surface area contributed by atoms with E-state index in [4.69, 9.17) is 9.47 Å². The average Bonchev–Trinajstić information content (AvgIpc) is 3.05. The predicted octanol–water partition coefficient (Wildman–Crippen LogP) is 1.88. The van der Waals surface area contributed by atoms with E-state index in [-0.39, 0.29) is 24.0 Å². The number of hydrogen-bond donors (Lipinski definition) is 0. The van der Waals surface area contributed by atoms with E-state index in [0.717, 1.165) is 32.3 Å². The molecule has 2 fully saturated rings. The highest BCUT2D eigenvalue weighted by Crippen LogP contribution is 2.21. The molecule has 2 rings (SSSR count). The summed E-state index contributed by atoms with van der Waals surface area (Å²) in [4.78, 5) is 28.1. The molecule has 2 saturated heterocycles. The number of rotatable bonds is 5. The fraction of sp³-hybridized carbons (Fsp3) is 0.875. The van der Waals surface area contributed by atoms with Crippen molar-refractivity contribution < 1.29 is 19.1 Å².